The topological polar surface area (TPSA) is 111 Å². The Hall–Kier alpha value is -2.12. The van der Waals surface area contributed by atoms with Gasteiger partial charge in [0.25, 0.3) is 0 Å². The van der Waals surface area contributed by atoms with E-state index in [1.54, 1.807) is 27.7 Å². The van der Waals surface area contributed by atoms with Gasteiger partial charge in [-0.15, -0.1) is 0 Å². The minimum absolute atomic E-state index is 0.0486. The van der Waals surface area contributed by atoms with Crippen molar-refractivity contribution in [3.63, 3.8) is 0 Å². The van der Waals surface area contributed by atoms with Gasteiger partial charge < -0.3 is 20.1 Å². The predicted octanol–water partition coefficient (Wildman–Crippen LogP) is 0.928. The molecule has 8 heteroatoms. The number of carbonyl (C=O) groups excluding carboxylic acids is 4. The first kappa shape index (κ1) is 20.9. The Kier molecular flexibility index (Phi) is 8.90. The van der Waals surface area contributed by atoms with E-state index < -0.39 is 29.6 Å². The number of alkyl carbamates (subject to hydrolysis) is 1. The molecule has 8 nitrogen and oxygen atoms in total. The highest BCUT2D eigenvalue weighted by Crippen LogP contribution is 2.06. The van der Waals surface area contributed by atoms with Gasteiger partial charge >= 0.3 is 12.1 Å². The summed E-state index contributed by atoms with van der Waals surface area (Å²) in [4.78, 5) is 46.0. The molecular formula is C15H26N2O6. The van der Waals surface area contributed by atoms with E-state index in [4.69, 9.17) is 9.47 Å². The number of hydrogen-bond donors (Lipinski definition) is 2. The quantitative estimate of drug-likeness (QED) is 0.641. The van der Waals surface area contributed by atoms with Crippen LogP contribution >= 0.6 is 0 Å². The zero-order chi connectivity index (χ0) is 18.0. The highest BCUT2D eigenvalue weighted by Gasteiger charge is 2.23. The summed E-state index contributed by atoms with van der Waals surface area (Å²) >= 11 is 0. The Morgan fingerprint density at radius 2 is 1.74 bits per heavy atom. The molecule has 0 fully saturated rings. The van der Waals surface area contributed by atoms with Crippen molar-refractivity contribution in [3.05, 3.63) is 0 Å². The number of carbonyl (C=O) groups is 4. The molecule has 2 N–H and O–H groups in total. The summed E-state index contributed by atoms with van der Waals surface area (Å²) in [6.07, 6.45) is -0.812. The average molecular weight is 330 g/mol. The van der Waals surface area contributed by atoms with E-state index in [2.05, 4.69) is 10.6 Å². The van der Waals surface area contributed by atoms with Crippen LogP contribution in [0.25, 0.3) is 0 Å². The van der Waals surface area contributed by atoms with Crippen LogP contribution in [-0.2, 0) is 23.9 Å². The van der Waals surface area contributed by atoms with Crippen molar-refractivity contribution in [2.75, 3.05) is 13.2 Å². The van der Waals surface area contributed by atoms with Crippen molar-refractivity contribution in [1.29, 1.82) is 0 Å². The lowest BCUT2D eigenvalue weighted by molar-refractivity contribution is -0.148. The summed E-state index contributed by atoms with van der Waals surface area (Å²) in [5.41, 5.74) is -0.622. The van der Waals surface area contributed by atoms with Crippen LogP contribution in [0.1, 0.15) is 47.5 Å². The summed E-state index contributed by atoms with van der Waals surface area (Å²) in [5.74, 6) is -1.37. The fraction of sp³-hybridized carbons (Fsp3) is 0.733. The number of ether oxygens (including phenoxy) is 2. The molecular weight excluding hydrogens is 304 g/mol. The fourth-order valence-electron chi connectivity index (χ4n) is 1.58. The van der Waals surface area contributed by atoms with Gasteiger partial charge in [0.05, 0.1) is 6.61 Å². The van der Waals surface area contributed by atoms with Gasteiger partial charge in [-0.1, -0.05) is 0 Å². The maximum absolute atomic E-state index is 11.8. The zero-order valence-corrected chi connectivity index (χ0v) is 14.4. The second-order valence-electron chi connectivity index (χ2n) is 5.96. The maximum atomic E-state index is 11.8. The van der Waals surface area contributed by atoms with E-state index in [9.17, 15) is 19.2 Å². The second kappa shape index (κ2) is 9.81. The number of nitrogens with one attached hydrogen (secondary N) is 2. The number of rotatable bonds is 8. The van der Waals surface area contributed by atoms with Gasteiger partial charge in [0.15, 0.2) is 0 Å². The Morgan fingerprint density at radius 1 is 1.13 bits per heavy atom. The Balaban J connectivity index is 4.29. The van der Waals surface area contributed by atoms with E-state index in [-0.39, 0.29) is 31.8 Å². The van der Waals surface area contributed by atoms with E-state index in [1.165, 1.54) is 6.92 Å². The van der Waals surface area contributed by atoms with Crippen LogP contribution in [0.4, 0.5) is 4.79 Å². The molecule has 0 aromatic rings. The largest absolute Gasteiger partial charge is 0.464 e. The van der Waals surface area contributed by atoms with E-state index in [0.717, 1.165) is 0 Å². The molecule has 0 heterocycles. The van der Waals surface area contributed by atoms with Gasteiger partial charge in [-0.3, -0.25) is 9.59 Å². The Morgan fingerprint density at radius 3 is 2.22 bits per heavy atom. The fourth-order valence-corrected chi connectivity index (χ4v) is 1.58. The third-order valence-electron chi connectivity index (χ3n) is 2.42. The summed E-state index contributed by atoms with van der Waals surface area (Å²) in [7, 11) is 0. The van der Waals surface area contributed by atoms with Crippen LogP contribution in [0.15, 0.2) is 0 Å². The molecule has 0 saturated heterocycles. The van der Waals surface area contributed by atoms with E-state index in [0.29, 0.717) is 0 Å². The summed E-state index contributed by atoms with van der Waals surface area (Å²) in [6.45, 7) is 8.35. The minimum atomic E-state index is -1.01. The normalized spacial score (nSPS) is 12.0. The van der Waals surface area contributed by atoms with Crippen LogP contribution in [0.5, 0.6) is 0 Å². The molecule has 23 heavy (non-hydrogen) atoms. The number of esters is 1. The highest BCUT2D eigenvalue weighted by atomic mass is 16.6. The Bertz CT molecular complexity index is 442. The molecule has 0 saturated carbocycles. The van der Waals surface area contributed by atoms with Crippen molar-refractivity contribution in [3.8, 4) is 0 Å². The van der Waals surface area contributed by atoms with E-state index >= 15 is 0 Å². The van der Waals surface area contributed by atoms with Crippen molar-refractivity contribution in [2.24, 2.45) is 0 Å². The number of Topliss-reactive ketones (excluding diaryl/α,β-unsaturated/α-hetero) is 1. The molecule has 0 bridgehead atoms. The molecule has 132 valence electrons. The second-order valence-corrected chi connectivity index (χ2v) is 5.96. The lowest BCUT2D eigenvalue weighted by Crippen LogP contribution is -2.44. The van der Waals surface area contributed by atoms with Crippen molar-refractivity contribution in [2.45, 2.75) is 59.1 Å². The monoisotopic (exact) mass is 330 g/mol. The first-order valence-electron chi connectivity index (χ1n) is 7.47. The smallest absolute Gasteiger partial charge is 0.407 e. The standard InChI is InChI=1S/C15H26N2O6/c1-6-22-13(20)11(9-10(2)18)17-12(19)7-8-16-14(21)23-15(3,4)5/h11H,6-9H2,1-5H3,(H,16,21)(H,17,19). The molecule has 0 aliphatic carbocycles. The summed E-state index contributed by atoms with van der Waals surface area (Å²) < 4.78 is 9.83. The van der Waals surface area contributed by atoms with Crippen molar-refractivity contribution in [1.82, 2.24) is 10.6 Å². The third-order valence-corrected chi connectivity index (χ3v) is 2.42. The van der Waals surface area contributed by atoms with Crippen LogP contribution in [0.3, 0.4) is 0 Å². The van der Waals surface area contributed by atoms with Gasteiger partial charge in [0.2, 0.25) is 5.91 Å². The lowest BCUT2D eigenvalue weighted by Gasteiger charge is -2.20. The van der Waals surface area contributed by atoms with Gasteiger partial charge in [-0.25, -0.2) is 9.59 Å². The number of ketones is 1. The number of amides is 2. The molecule has 0 aromatic heterocycles. The van der Waals surface area contributed by atoms with Gasteiger partial charge in [0, 0.05) is 19.4 Å². The molecule has 0 aliphatic rings. The van der Waals surface area contributed by atoms with Crippen LogP contribution in [-0.4, -0.2) is 48.5 Å². The first-order chi connectivity index (χ1) is 10.5. The summed E-state index contributed by atoms with van der Waals surface area (Å²) in [5, 5.41) is 4.86. The first-order valence-corrected chi connectivity index (χ1v) is 7.47. The molecule has 0 aromatic carbocycles. The number of hydrogen-bond acceptors (Lipinski definition) is 6. The third kappa shape index (κ3) is 11.1. The molecule has 0 radical (unpaired) electrons. The van der Waals surface area contributed by atoms with Crippen LogP contribution < -0.4 is 10.6 Å². The molecule has 1 atom stereocenters. The van der Waals surface area contributed by atoms with Crippen molar-refractivity contribution >= 4 is 23.8 Å². The van der Waals surface area contributed by atoms with Gasteiger partial charge in [-0.2, -0.15) is 0 Å². The molecule has 0 rings (SSSR count). The zero-order valence-electron chi connectivity index (χ0n) is 14.4. The van der Waals surface area contributed by atoms with Crippen molar-refractivity contribution < 1.29 is 28.7 Å². The SMILES string of the molecule is CCOC(=O)C(CC(C)=O)NC(=O)CCNC(=O)OC(C)(C)C. The minimum Gasteiger partial charge on any atom is -0.464 e. The predicted molar refractivity (Wildman–Crippen MR) is 82.7 cm³/mol. The van der Waals surface area contributed by atoms with Gasteiger partial charge in [0.1, 0.15) is 17.4 Å². The molecule has 2 amide bonds. The van der Waals surface area contributed by atoms with E-state index in [1.807, 2.05) is 0 Å². The van der Waals surface area contributed by atoms with Gasteiger partial charge in [-0.05, 0) is 34.6 Å². The van der Waals surface area contributed by atoms with Crippen LogP contribution in [0, 0.1) is 0 Å². The maximum Gasteiger partial charge on any atom is 0.407 e. The molecule has 0 aliphatic heterocycles. The van der Waals surface area contributed by atoms with Crippen LogP contribution in [0.2, 0.25) is 0 Å². The average Bonchev–Trinajstić information content (AvgIpc) is 2.35. The molecule has 1 unspecified atom stereocenters. The molecule has 0 spiro atoms. The lowest BCUT2D eigenvalue weighted by atomic mass is 10.1. The Labute approximate surface area is 136 Å². The highest BCUT2D eigenvalue weighted by molar-refractivity contribution is 5.89. The summed E-state index contributed by atoms with van der Waals surface area (Å²) in [6, 6.07) is -1.01.